The number of rotatable bonds is 8. The van der Waals surface area contributed by atoms with Gasteiger partial charge in [0, 0.05) is 17.7 Å². The van der Waals surface area contributed by atoms with E-state index in [9.17, 15) is 9.59 Å². The maximum absolute atomic E-state index is 11.8. The lowest BCUT2D eigenvalue weighted by molar-refractivity contribution is -0.147. The number of ether oxygens (including phenoxy) is 1. The third kappa shape index (κ3) is 5.73. The van der Waals surface area contributed by atoms with Crippen LogP contribution >= 0.6 is 0 Å². The first kappa shape index (κ1) is 19.2. The number of nitrogens with one attached hydrogen (secondary N) is 1. The van der Waals surface area contributed by atoms with E-state index in [-0.39, 0.29) is 18.9 Å². The molecule has 0 saturated heterocycles. The van der Waals surface area contributed by atoms with Gasteiger partial charge in [0.15, 0.2) is 6.61 Å². The Hall–Kier alpha value is -3.55. The number of amides is 1. The molecule has 0 unspecified atom stereocenters. The molecule has 0 atom stereocenters. The SMILES string of the molecule is Cc1ccc(NC(=O)COC(=O)CCCn2nnc(-c3ccccc3)n2)cc1. The summed E-state index contributed by atoms with van der Waals surface area (Å²) in [5.41, 5.74) is 2.65. The van der Waals surface area contributed by atoms with E-state index in [1.54, 1.807) is 12.1 Å². The third-order valence-electron chi connectivity index (χ3n) is 3.92. The Labute approximate surface area is 162 Å². The topological polar surface area (TPSA) is 99.0 Å². The lowest BCUT2D eigenvalue weighted by Gasteiger charge is -2.07. The van der Waals surface area contributed by atoms with Crippen LogP contribution in [0.1, 0.15) is 18.4 Å². The van der Waals surface area contributed by atoms with Crippen molar-refractivity contribution in [3.05, 3.63) is 60.2 Å². The molecule has 1 N–H and O–H groups in total. The van der Waals surface area contributed by atoms with Gasteiger partial charge in [-0.3, -0.25) is 9.59 Å². The second-order valence-corrected chi connectivity index (χ2v) is 6.25. The molecule has 0 aliphatic carbocycles. The highest BCUT2D eigenvalue weighted by atomic mass is 16.5. The van der Waals surface area contributed by atoms with Crippen LogP contribution in [0.4, 0.5) is 5.69 Å². The zero-order chi connectivity index (χ0) is 19.8. The number of benzene rings is 2. The maximum Gasteiger partial charge on any atom is 0.306 e. The number of carbonyl (C=O) groups excluding carboxylic acids is 2. The molecule has 0 aliphatic rings. The van der Waals surface area contributed by atoms with Crippen LogP contribution in [0.3, 0.4) is 0 Å². The van der Waals surface area contributed by atoms with Crippen molar-refractivity contribution in [2.75, 3.05) is 11.9 Å². The number of hydrogen-bond donors (Lipinski definition) is 1. The van der Waals surface area contributed by atoms with Crippen molar-refractivity contribution in [1.29, 1.82) is 0 Å². The van der Waals surface area contributed by atoms with Gasteiger partial charge in [-0.05, 0) is 30.7 Å². The molecule has 8 heteroatoms. The van der Waals surface area contributed by atoms with Gasteiger partial charge in [0.25, 0.3) is 5.91 Å². The Morgan fingerprint density at radius 2 is 1.82 bits per heavy atom. The van der Waals surface area contributed by atoms with Gasteiger partial charge in [0.2, 0.25) is 5.82 Å². The lowest BCUT2D eigenvalue weighted by Crippen LogP contribution is -2.21. The number of carbonyl (C=O) groups is 2. The van der Waals surface area contributed by atoms with Gasteiger partial charge < -0.3 is 10.1 Å². The van der Waals surface area contributed by atoms with Crippen molar-refractivity contribution >= 4 is 17.6 Å². The fourth-order valence-electron chi connectivity index (χ4n) is 2.46. The van der Waals surface area contributed by atoms with Gasteiger partial charge in [-0.2, -0.15) is 4.80 Å². The highest BCUT2D eigenvalue weighted by molar-refractivity contribution is 5.92. The molecule has 0 bridgehead atoms. The molecular formula is C20H21N5O3. The lowest BCUT2D eigenvalue weighted by atomic mass is 10.2. The normalized spacial score (nSPS) is 10.5. The molecule has 3 rings (SSSR count). The first-order valence-corrected chi connectivity index (χ1v) is 8.95. The number of nitrogens with zero attached hydrogens (tertiary/aromatic N) is 4. The molecule has 0 fully saturated rings. The standard InChI is InChI=1S/C20H21N5O3/c1-15-9-11-17(12-10-15)21-18(26)14-28-19(27)8-5-13-25-23-20(22-24-25)16-6-3-2-4-7-16/h2-4,6-7,9-12H,5,8,13-14H2,1H3,(H,21,26). The van der Waals surface area contributed by atoms with Crippen molar-refractivity contribution in [1.82, 2.24) is 20.2 Å². The first-order chi connectivity index (χ1) is 13.6. The fourth-order valence-corrected chi connectivity index (χ4v) is 2.46. The second-order valence-electron chi connectivity index (χ2n) is 6.25. The van der Waals surface area contributed by atoms with E-state index in [1.165, 1.54) is 4.80 Å². The van der Waals surface area contributed by atoms with E-state index in [4.69, 9.17) is 4.74 Å². The molecule has 1 heterocycles. The quantitative estimate of drug-likeness (QED) is 0.604. The molecular weight excluding hydrogens is 358 g/mol. The summed E-state index contributed by atoms with van der Waals surface area (Å²) in [5.74, 6) is -0.277. The third-order valence-corrected chi connectivity index (χ3v) is 3.92. The Morgan fingerprint density at radius 3 is 2.57 bits per heavy atom. The zero-order valence-corrected chi connectivity index (χ0v) is 15.5. The number of tetrazole rings is 1. The molecule has 0 radical (unpaired) electrons. The summed E-state index contributed by atoms with van der Waals surface area (Å²) in [5, 5.41) is 14.9. The van der Waals surface area contributed by atoms with Gasteiger partial charge in [-0.25, -0.2) is 0 Å². The van der Waals surface area contributed by atoms with Crippen LogP contribution in [0.5, 0.6) is 0 Å². The van der Waals surface area contributed by atoms with E-state index >= 15 is 0 Å². The molecule has 2 aromatic carbocycles. The van der Waals surface area contributed by atoms with Crippen molar-refractivity contribution < 1.29 is 14.3 Å². The minimum atomic E-state index is -0.442. The number of aromatic nitrogens is 4. The van der Waals surface area contributed by atoms with E-state index in [0.717, 1.165) is 11.1 Å². The van der Waals surface area contributed by atoms with Crippen molar-refractivity contribution in [3.63, 3.8) is 0 Å². The van der Waals surface area contributed by atoms with Crippen LogP contribution in [-0.4, -0.2) is 38.7 Å². The highest BCUT2D eigenvalue weighted by Gasteiger charge is 2.09. The molecule has 0 spiro atoms. The van der Waals surface area contributed by atoms with Crippen LogP contribution in [0, 0.1) is 6.92 Å². The van der Waals surface area contributed by atoms with Gasteiger partial charge in [-0.15, -0.1) is 10.2 Å². The molecule has 1 amide bonds. The summed E-state index contributed by atoms with van der Waals surface area (Å²) in [4.78, 5) is 25.1. The van der Waals surface area contributed by atoms with Crippen molar-refractivity contribution in [2.45, 2.75) is 26.3 Å². The van der Waals surface area contributed by atoms with Crippen LogP contribution in [-0.2, 0) is 20.9 Å². The summed E-state index contributed by atoms with van der Waals surface area (Å²) in [7, 11) is 0. The molecule has 0 aliphatic heterocycles. The van der Waals surface area contributed by atoms with Gasteiger partial charge in [0.1, 0.15) is 0 Å². The van der Waals surface area contributed by atoms with Gasteiger partial charge in [-0.1, -0.05) is 48.0 Å². The summed E-state index contributed by atoms with van der Waals surface area (Å²) in [6.07, 6.45) is 0.656. The zero-order valence-electron chi connectivity index (χ0n) is 15.5. The predicted octanol–water partition coefficient (Wildman–Crippen LogP) is 2.61. The van der Waals surface area contributed by atoms with Gasteiger partial charge in [0.05, 0.1) is 6.54 Å². The van der Waals surface area contributed by atoms with Crippen LogP contribution < -0.4 is 5.32 Å². The smallest absolute Gasteiger partial charge is 0.306 e. The van der Waals surface area contributed by atoms with Crippen molar-refractivity contribution in [2.24, 2.45) is 0 Å². The van der Waals surface area contributed by atoms with E-state index in [1.807, 2.05) is 49.4 Å². The first-order valence-electron chi connectivity index (χ1n) is 8.95. The summed E-state index contributed by atoms with van der Waals surface area (Å²) >= 11 is 0. The van der Waals surface area contributed by atoms with Crippen LogP contribution in [0.15, 0.2) is 54.6 Å². The Balaban J connectivity index is 1.36. The van der Waals surface area contributed by atoms with Crippen LogP contribution in [0.2, 0.25) is 0 Å². The second kappa shape index (κ2) is 9.40. The monoisotopic (exact) mass is 379 g/mol. The summed E-state index contributed by atoms with van der Waals surface area (Å²) in [6.45, 7) is 2.08. The number of anilines is 1. The largest absolute Gasteiger partial charge is 0.456 e. The minimum absolute atomic E-state index is 0.167. The number of aryl methyl sites for hydroxylation is 2. The van der Waals surface area contributed by atoms with E-state index in [0.29, 0.717) is 24.5 Å². The van der Waals surface area contributed by atoms with Gasteiger partial charge >= 0.3 is 5.97 Å². The molecule has 3 aromatic rings. The fraction of sp³-hybridized carbons (Fsp3) is 0.250. The Kier molecular flexibility index (Phi) is 6.46. The average molecular weight is 379 g/mol. The van der Waals surface area contributed by atoms with Crippen LogP contribution in [0.25, 0.3) is 11.4 Å². The summed E-state index contributed by atoms with van der Waals surface area (Å²) < 4.78 is 5.00. The van der Waals surface area contributed by atoms with E-state index in [2.05, 4.69) is 20.7 Å². The number of esters is 1. The Morgan fingerprint density at radius 1 is 1.07 bits per heavy atom. The minimum Gasteiger partial charge on any atom is -0.456 e. The predicted molar refractivity (Wildman–Crippen MR) is 103 cm³/mol. The molecule has 144 valence electrons. The molecule has 0 saturated carbocycles. The molecule has 8 nitrogen and oxygen atoms in total. The Bertz CT molecular complexity index is 923. The average Bonchev–Trinajstić information content (AvgIpc) is 3.18. The summed E-state index contributed by atoms with van der Waals surface area (Å²) in [6, 6.07) is 16.9. The maximum atomic E-state index is 11.8. The number of hydrogen-bond acceptors (Lipinski definition) is 6. The molecule has 28 heavy (non-hydrogen) atoms. The van der Waals surface area contributed by atoms with E-state index < -0.39 is 5.97 Å². The van der Waals surface area contributed by atoms with Crippen molar-refractivity contribution in [3.8, 4) is 11.4 Å². The highest BCUT2D eigenvalue weighted by Crippen LogP contribution is 2.12. The molecule has 1 aromatic heterocycles.